The van der Waals surface area contributed by atoms with E-state index in [1.165, 1.54) is 0 Å². The Kier molecular flexibility index (Phi) is 4.43. The summed E-state index contributed by atoms with van der Waals surface area (Å²) in [6.07, 6.45) is 1.95. The van der Waals surface area contributed by atoms with Crippen LogP contribution in [0.4, 0.5) is 5.69 Å². The topological polar surface area (TPSA) is 66.6 Å². The van der Waals surface area contributed by atoms with Gasteiger partial charge in [-0.25, -0.2) is 0 Å². The first-order chi connectivity index (χ1) is 9.06. The lowest BCUT2D eigenvalue weighted by Gasteiger charge is -2.33. The first-order valence-electron chi connectivity index (χ1n) is 6.86. The molecule has 0 radical (unpaired) electrons. The molecule has 0 aliphatic carbocycles. The number of hydrogen-bond acceptors (Lipinski definition) is 3. The van der Waals surface area contributed by atoms with Crippen LogP contribution in [0.15, 0.2) is 24.3 Å². The molecule has 0 bridgehead atoms. The average Bonchev–Trinajstić information content (AvgIpc) is 2.41. The summed E-state index contributed by atoms with van der Waals surface area (Å²) in [4.78, 5) is 14.1. The van der Waals surface area contributed by atoms with Gasteiger partial charge < -0.3 is 15.7 Å². The summed E-state index contributed by atoms with van der Waals surface area (Å²) in [5.41, 5.74) is 7.34. The van der Waals surface area contributed by atoms with Gasteiger partial charge in [-0.2, -0.15) is 0 Å². The van der Waals surface area contributed by atoms with E-state index in [1.54, 1.807) is 0 Å². The maximum Gasteiger partial charge on any atom is 0.226 e. The normalized spacial score (nSPS) is 18.3. The third-order valence-corrected chi connectivity index (χ3v) is 3.91. The molecule has 1 unspecified atom stereocenters. The molecule has 0 saturated carbocycles. The second kappa shape index (κ2) is 6.06. The van der Waals surface area contributed by atoms with Gasteiger partial charge in [-0.1, -0.05) is 12.1 Å². The zero-order chi connectivity index (χ0) is 13.8. The van der Waals surface area contributed by atoms with Crippen molar-refractivity contribution in [2.24, 2.45) is 5.92 Å². The average molecular weight is 262 g/mol. The van der Waals surface area contributed by atoms with Crippen LogP contribution in [0.1, 0.15) is 25.3 Å². The quantitative estimate of drug-likeness (QED) is 0.810. The first-order valence-corrected chi connectivity index (χ1v) is 6.86. The number of carbonyl (C=O) groups excluding carboxylic acids is 1. The highest BCUT2D eigenvalue weighted by molar-refractivity contribution is 5.79. The molecular weight excluding hydrogens is 240 g/mol. The van der Waals surface area contributed by atoms with Crippen LogP contribution in [0.25, 0.3) is 0 Å². The molecule has 1 aliphatic rings. The molecule has 1 aromatic rings. The van der Waals surface area contributed by atoms with Crippen molar-refractivity contribution in [1.29, 1.82) is 0 Å². The predicted octanol–water partition coefficient (Wildman–Crippen LogP) is 1.43. The number of aliphatic hydroxyl groups excluding tert-OH is 1. The third kappa shape index (κ3) is 3.70. The van der Waals surface area contributed by atoms with E-state index in [-0.39, 0.29) is 12.0 Å². The van der Waals surface area contributed by atoms with E-state index in [9.17, 15) is 9.90 Å². The minimum absolute atomic E-state index is 0.161. The van der Waals surface area contributed by atoms with E-state index >= 15 is 0 Å². The minimum Gasteiger partial charge on any atom is -0.399 e. The number of rotatable bonds is 3. The number of nitrogens with zero attached hydrogens (tertiary/aromatic N) is 1. The molecule has 2 rings (SSSR count). The molecule has 104 valence electrons. The van der Waals surface area contributed by atoms with Crippen molar-refractivity contribution in [1.82, 2.24) is 4.90 Å². The number of piperidine rings is 1. The van der Waals surface area contributed by atoms with Gasteiger partial charge in [0.1, 0.15) is 0 Å². The number of hydrogen-bond donors (Lipinski definition) is 2. The molecule has 3 N–H and O–H groups in total. The zero-order valence-corrected chi connectivity index (χ0v) is 11.4. The van der Waals surface area contributed by atoms with Gasteiger partial charge in [-0.3, -0.25) is 4.79 Å². The second-order valence-electron chi connectivity index (χ2n) is 5.38. The zero-order valence-electron chi connectivity index (χ0n) is 11.4. The summed E-state index contributed by atoms with van der Waals surface area (Å²) in [6, 6.07) is 7.44. The van der Waals surface area contributed by atoms with E-state index in [0.29, 0.717) is 18.0 Å². The lowest BCUT2D eigenvalue weighted by molar-refractivity contribution is -0.132. The Hall–Kier alpha value is -1.55. The Morgan fingerprint density at radius 1 is 1.37 bits per heavy atom. The maximum atomic E-state index is 12.2. The summed E-state index contributed by atoms with van der Waals surface area (Å²) in [5, 5.41) is 9.55. The molecule has 19 heavy (non-hydrogen) atoms. The number of benzene rings is 1. The minimum atomic E-state index is -0.269. The SMILES string of the molecule is CC(O)C1CCN(C(=O)Cc2ccc(N)cc2)CC1. The summed E-state index contributed by atoms with van der Waals surface area (Å²) < 4.78 is 0. The Morgan fingerprint density at radius 2 is 1.95 bits per heavy atom. The molecule has 4 nitrogen and oxygen atoms in total. The lowest BCUT2D eigenvalue weighted by atomic mass is 9.92. The molecule has 4 heteroatoms. The van der Waals surface area contributed by atoms with Gasteiger partial charge in [-0.15, -0.1) is 0 Å². The van der Waals surface area contributed by atoms with Crippen molar-refractivity contribution in [2.45, 2.75) is 32.3 Å². The first kappa shape index (κ1) is 13.9. The fourth-order valence-corrected chi connectivity index (χ4v) is 2.55. The Labute approximate surface area is 114 Å². The van der Waals surface area contributed by atoms with Crippen molar-refractivity contribution in [3.05, 3.63) is 29.8 Å². The molecule has 1 atom stereocenters. The highest BCUT2D eigenvalue weighted by Crippen LogP contribution is 2.21. The summed E-state index contributed by atoms with van der Waals surface area (Å²) in [6.45, 7) is 3.34. The van der Waals surface area contributed by atoms with E-state index in [2.05, 4.69) is 0 Å². The second-order valence-corrected chi connectivity index (χ2v) is 5.38. The Balaban J connectivity index is 1.86. The predicted molar refractivity (Wildman–Crippen MR) is 75.5 cm³/mol. The van der Waals surface area contributed by atoms with Crippen LogP contribution < -0.4 is 5.73 Å². The number of anilines is 1. The Bertz CT molecular complexity index is 420. The Morgan fingerprint density at radius 3 is 2.47 bits per heavy atom. The third-order valence-electron chi connectivity index (χ3n) is 3.91. The van der Waals surface area contributed by atoms with Gasteiger partial charge in [0.2, 0.25) is 5.91 Å². The van der Waals surface area contributed by atoms with E-state index in [4.69, 9.17) is 5.73 Å². The number of nitrogens with two attached hydrogens (primary N) is 1. The van der Waals surface area contributed by atoms with Crippen molar-refractivity contribution in [2.75, 3.05) is 18.8 Å². The number of carbonyl (C=O) groups is 1. The molecule has 1 fully saturated rings. The monoisotopic (exact) mass is 262 g/mol. The van der Waals surface area contributed by atoms with Crippen LogP contribution in [-0.2, 0) is 11.2 Å². The van der Waals surface area contributed by atoms with Crippen molar-refractivity contribution in [3.63, 3.8) is 0 Å². The summed E-state index contributed by atoms with van der Waals surface area (Å²) in [5.74, 6) is 0.495. The van der Waals surface area contributed by atoms with Gasteiger partial charge >= 0.3 is 0 Å². The molecule has 0 spiro atoms. The number of aliphatic hydroxyl groups is 1. The fourth-order valence-electron chi connectivity index (χ4n) is 2.55. The number of amides is 1. The number of nitrogen functional groups attached to an aromatic ring is 1. The van der Waals surface area contributed by atoms with Crippen molar-refractivity contribution < 1.29 is 9.90 Å². The van der Waals surface area contributed by atoms with Crippen LogP contribution in [0, 0.1) is 5.92 Å². The van der Waals surface area contributed by atoms with Crippen molar-refractivity contribution in [3.8, 4) is 0 Å². The number of likely N-dealkylation sites (tertiary alicyclic amines) is 1. The highest BCUT2D eigenvalue weighted by Gasteiger charge is 2.25. The molecule has 1 heterocycles. The fraction of sp³-hybridized carbons (Fsp3) is 0.533. The van der Waals surface area contributed by atoms with E-state index < -0.39 is 0 Å². The molecule has 1 saturated heterocycles. The van der Waals surface area contributed by atoms with Crippen LogP contribution in [0.2, 0.25) is 0 Å². The molecule has 1 aromatic carbocycles. The van der Waals surface area contributed by atoms with Crippen LogP contribution >= 0.6 is 0 Å². The van der Waals surface area contributed by atoms with Crippen LogP contribution in [0.3, 0.4) is 0 Å². The maximum absolute atomic E-state index is 12.2. The highest BCUT2D eigenvalue weighted by atomic mass is 16.3. The summed E-state index contributed by atoms with van der Waals surface area (Å²) in [7, 11) is 0. The standard InChI is InChI=1S/C15H22N2O2/c1-11(18)13-6-8-17(9-7-13)15(19)10-12-2-4-14(16)5-3-12/h2-5,11,13,18H,6-10,16H2,1H3. The van der Waals surface area contributed by atoms with Crippen molar-refractivity contribution >= 4 is 11.6 Å². The van der Waals surface area contributed by atoms with Gasteiger partial charge in [0.05, 0.1) is 12.5 Å². The molecular formula is C15H22N2O2. The smallest absolute Gasteiger partial charge is 0.226 e. The van der Waals surface area contributed by atoms with Gasteiger partial charge in [0.15, 0.2) is 0 Å². The van der Waals surface area contributed by atoms with Crippen LogP contribution in [0.5, 0.6) is 0 Å². The lowest BCUT2D eigenvalue weighted by Crippen LogP contribution is -2.41. The largest absolute Gasteiger partial charge is 0.399 e. The molecule has 1 amide bonds. The van der Waals surface area contributed by atoms with Gasteiger partial charge in [0, 0.05) is 18.8 Å². The van der Waals surface area contributed by atoms with Gasteiger partial charge in [0.25, 0.3) is 0 Å². The molecule has 1 aliphatic heterocycles. The van der Waals surface area contributed by atoms with Gasteiger partial charge in [-0.05, 0) is 43.4 Å². The summed E-state index contributed by atoms with van der Waals surface area (Å²) >= 11 is 0. The van der Waals surface area contributed by atoms with E-state index in [0.717, 1.165) is 31.5 Å². The molecule has 0 aromatic heterocycles. The van der Waals surface area contributed by atoms with E-state index in [1.807, 2.05) is 36.1 Å². The van der Waals surface area contributed by atoms with Crippen LogP contribution in [-0.4, -0.2) is 35.1 Å².